The Balaban J connectivity index is 1.49. The fourth-order valence-electron chi connectivity index (χ4n) is 3.76. The molecule has 146 valence electrons. The van der Waals surface area contributed by atoms with Crippen LogP contribution < -0.4 is 10.2 Å². The summed E-state index contributed by atoms with van der Waals surface area (Å²) >= 11 is 6.19. The lowest BCUT2D eigenvalue weighted by atomic mass is 9.96. The van der Waals surface area contributed by atoms with Crippen molar-refractivity contribution in [3.8, 4) is 0 Å². The van der Waals surface area contributed by atoms with Crippen LogP contribution in [0.2, 0.25) is 5.02 Å². The Bertz CT molecular complexity index is 1020. The van der Waals surface area contributed by atoms with Crippen LogP contribution in [0.3, 0.4) is 0 Å². The van der Waals surface area contributed by atoms with E-state index in [0.29, 0.717) is 23.8 Å². The molecule has 1 aromatic carbocycles. The van der Waals surface area contributed by atoms with Crippen LogP contribution in [0.1, 0.15) is 29.7 Å². The number of carbonyl (C=O) groups excluding carboxylic acids is 1. The van der Waals surface area contributed by atoms with Gasteiger partial charge in [-0.1, -0.05) is 29.8 Å². The van der Waals surface area contributed by atoms with Crippen LogP contribution in [-0.2, 0) is 11.3 Å². The van der Waals surface area contributed by atoms with Crippen molar-refractivity contribution in [2.75, 3.05) is 18.0 Å². The molecule has 28 heavy (non-hydrogen) atoms. The minimum Gasteiger partial charge on any atom is -0.443 e. The zero-order chi connectivity index (χ0) is 19.7. The number of halogens is 1. The highest BCUT2D eigenvalue weighted by molar-refractivity contribution is 6.31. The van der Waals surface area contributed by atoms with Gasteiger partial charge in [0.1, 0.15) is 17.9 Å². The average molecular weight is 399 g/mol. The first-order chi connectivity index (χ1) is 13.5. The largest absolute Gasteiger partial charge is 0.443 e. The second-order valence-corrected chi connectivity index (χ2v) is 7.66. The van der Waals surface area contributed by atoms with E-state index >= 15 is 0 Å². The van der Waals surface area contributed by atoms with E-state index in [1.807, 2.05) is 38.1 Å². The summed E-state index contributed by atoms with van der Waals surface area (Å²) in [5, 5.41) is 4.64. The minimum absolute atomic E-state index is 0.0509. The van der Waals surface area contributed by atoms with Gasteiger partial charge in [-0.05, 0) is 38.3 Å². The highest BCUT2D eigenvalue weighted by Gasteiger charge is 2.28. The molecular weight excluding hydrogens is 376 g/mol. The van der Waals surface area contributed by atoms with E-state index in [-0.39, 0.29) is 11.8 Å². The number of hydrogen-bond acceptors (Lipinski definition) is 5. The lowest BCUT2D eigenvalue weighted by Gasteiger charge is -2.33. The lowest BCUT2D eigenvalue weighted by molar-refractivity contribution is -0.125. The minimum atomic E-state index is -0.0884. The molecular formula is C21H23ClN4O2. The summed E-state index contributed by atoms with van der Waals surface area (Å²) in [6.45, 7) is 5.88. The van der Waals surface area contributed by atoms with Gasteiger partial charge in [0.05, 0.1) is 11.3 Å². The number of aromatic nitrogens is 2. The molecule has 1 N–H and O–H groups in total. The Kier molecular flexibility index (Phi) is 5.22. The maximum Gasteiger partial charge on any atom is 0.231 e. The summed E-state index contributed by atoms with van der Waals surface area (Å²) in [5.74, 6) is 1.66. The van der Waals surface area contributed by atoms with Crippen LogP contribution in [0, 0.1) is 19.8 Å². The third-order valence-corrected chi connectivity index (χ3v) is 5.82. The number of nitrogens with one attached hydrogen (secondary N) is 1. The van der Waals surface area contributed by atoms with E-state index in [0.717, 1.165) is 47.5 Å². The van der Waals surface area contributed by atoms with Gasteiger partial charge in [-0.25, -0.2) is 9.97 Å². The number of anilines is 1. The Labute approximate surface area is 168 Å². The number of fused-ring (bicyclic) bond motifs is 1. The first-order valence-corrected chi connectivity index (χ1v) is 9.89. The highest BCUT2D eigenvalue weighted by atomic mass is 35.5. The summed E-state index contributed by atoms with van der Waals surface area (Å²) in [4.78, 5) is 23.7. The van der Waals surface area contributed by atoms with Crippen LogP contribution in [0.15, 0.2) is 35.0 Å². The molecule has 0 spiro atoms. The van der Waals surface area contributed by atoms with Gasteiger partial charge < -0.3 is 14.6 Å². The SMILES string of the molecule is Cc1oc2ncnc(N3CCCC(C(=O)NCc4ccccc4Cl)C3)c2c1C. The van der Waals surface area contributed by atoms with Crippen molar-refractivity contribution >= 4 is 34.4 Å². The molecule has 1 unspecified atom stereocenters. The van der Waals surface area contributed by atoms with E-state index in [4.69, 9.17) is 16.0 Å². The molecule has 7 heteroatoms. The number of aryl methyl sites for hydroxylation is 2. The van der Waals surface area contributed by atoms with Crippen LogP contribution in [0.25, 0.3) is 11.1 Å². The summed E-state index contributed by atoms with van der Waals surface area (Å²) in [7, 11) is 0. The van der Waals surface area contributed by atoms with Crippen molar-refractivity contribution in [3.05, 3.63) is 52.5 Å². The molecule has 0 aliphatic carbocycles. The van der Waals surface area contributed by atoms with Gasteiger partial charge in [-0.15, -0.1) is 0 Å². The molecule has 1 aliphatic rings. The number of amides is 1. The fourth-order valence-corrected chi connectivity index (χ4v) is 3.96. The molecule has 1 atom stereocenters. The molecule has 2 aromatic heterocycles. The topological polar surface area (TPSA) is 71.3 Å². The van der Waals surface area contributed by atoms with Gasteiger partial charge in [0.2, 0.25) is 11.6 Å². The van der Waals surface area contributed by atoms with Crippen LogP contribution in [-0.4, -0.2) is 29.0 Å². The zero-order valence-corrected chi connectivity index (χ0v) is 16.8. The number of hydrogen-bond donors (Lipinski definition) is 1. The first kappa shape index (κ1) is 18.7. The third-order valence-electron chi connectivity index (χ3n) is 5.45. The Morgan fingerprint density at radius 1 is 1.32 bits per heavy atom. The number of rotatable bonds is 4. The molecule has 1 amide bonds. The molecule has 4 rings (SSSR count). The maximum absolute atomic E-state index is 12.8. The van der Waals surface area contributed by atoms with Gasteiger partial charge >= 0.3 is 0 Å². The van der Waals surface area contributed by atoms with E-state index < -0.39 is 0 Å². The number of nitrogens with zero attached hydrogens (tertiary/aromatic N) is 3. The quantitative estimate of drug-likeness (QED) is 0.718. The fraction of sp³-hybridized carbons (Fsp3) is 0.381. The smallest absolute Gasteiger partial charge is 0.231 e. The van der Waals surface area contributed by atoms with Crippen molar-refractivity contribution < 1.29 is 9.21 Å². The number of furan rings is 1. The monoisotopic (exact) mass is 398 g/mol. The summed E-state index contributed by atoms with van der Waals surface area (Å²) in [5.41, 5.74) is 2.58. The molecule has 1 aliphatic heterocycles. The molecule has 0 bridgehead atoms. The Morgan fingerprint density at radius 2 is 2.14 bits per heavy atom. The predicted octanol–water partition coefficient (Wildman–Crippen LogP) is 4.03. The Hall–Kier alpha value is -2.60. The van der Waals surface area contributed by atoms with E-state index in [1.54, 1.807) is 0 Å². The number of benzene rings is 1. The summed E-state index contributed by atoms with van der Waals surface area (Å²) in [6.07, 6.45) is 3.33. The van der Waals surface area contributed by atoms with Crippen LogP contribution >= 0.6 is 11.6 Å². The lowest BCUT2D eigenvalue weighted by Crippen LogP contribution is -2.43. The van der Waals surface area contributed by atoms with E-state index in [2.05, 4.69) is 20.2 Å². The first-order valence-electron chi connectivity index (χ1n) is 9.51. The molecule has 1 fully saturated rings. The molecule has 3 heterocycles. The number of carbonyl (C=O) groups is 1. The van der Waals surface area contributed by atoms with Crippen molar-refractivity contribution in [2.24, 2.45) is 5.92 Å². The van der Waals surface area contributed by atoms with Crippen LogP contribution in [0.4, 0.5) is 5.82 Å². The predicted molar refractivity (Wildman–Crippen MR) is 110 cm³/mol. The molecule has 6 nitrogen and oxygen atoms in total. The third kappa shape index (κ3) is 3.56. The second-order valence-electron chi connectivity index (χ2n) is 7.26. The van der Waals surface area contributed by atoms with Crippen molar-refractivity contribution in [3.63, 3.8) is 0 Å². The van der Waals surface area contributed by atoms with Gasteiger partial charge in [-0.2, -0.15) is 0 Å². The highest BCUT2D eigenvalue weighted by Crippen LogP contribution is 2.32. The van der Waals surface area contributed by atoms with Crippen LogP contribution in [0.5, 0.6) is 0 Å². The van der Waals surface area contributed by atoms with Gasteiger partial charge in [0, 0.05) is 30.2 Å². The Morgan fingerprint density at radius 3 is 2.96 bits per heavy atom. The average Bonchev–Trinajstić information content (AvgIpc) is 3.01. The van der Waals surface area contributed by atoms with Gasteiger partial charge in [0.15, 0.2) is 0 Å². The van der Waals surface area contributed by atoms with Crippen molar-refractivity contribution in [1.82, 2.24) is 15.3 Å². The van der Waals surface area contributed by atoms with E-state index in [1.165, 1.54) is 6.33 Å². The van der Waals surface area contributed by atoms with E-state index in [9.17, 15) is 4.79 Å². The second kappa shape index (κ2) is 7.80. The molecule has 0 saturated carbocycles. The summed E-state index contributed by atoms with van der Waals surface area (Å²) in [6, 6.07) is 7.57. The normalized spacial score (nSPS) is 17.1. The molecule has 1 saturated heterocycles. The number of piperidine rings is 1. The summed E-state index contributed by atoms with van der Waals surface area (Å²) < 4.78 is 5.73. The van der Waals surface area contributed by atoms with Gasteiger partial charge in [-0.3, -0.25) is 4.79 Å². The molecule has 3 aromatic rings. The van der Waals surface area contributed by atoms with Crippen molar-refractivity contribution in [1.29, 1.82) is 0 Å². The van der Waals surface area contributed by atoms with Crippen molar-refractivity contribution in [2.45, 2.75) is 33.2 Å². The molecule has 0 radical (unpaired) electrons. The standard InChI is InChI=1S/C21H23ClN4O2/c1-13-14(2)28-21-18(13)19(24-12-25-21)26-9-5-7-16(11-26)20(27)23-10-15-6-3-4-8-17(15)22/h3-4,6,8,12,16H,5,7,9-11H2,1-2H3,(H,23,27). The zero-order valence-electron chi connectivity index (χ0n) is 16.0. The van der Waals surface area contributed by atoms with Gasteiger partial charge in [0.25, 0.3) is 0 Å². The maximum atomic E-state index is 12.8.